The summed E-state index contributed by atoms with van der Waals surface area (Å²) in [5.41, 5.74) is 2.76. The summed E-state index contributed by atoms with van der Waals surface area (Å²) in [6.45, 7) is 2.34. The molecular weight excluding hydrogens is 522 g/mol. The smallest absolute Gasteiger partial charge is 0.338 e. The molecule has 0 spiro atoms. The van der Waals surface area contributed by atoms with Gasteiger partial charge in [-0.2, -0.15) is 5.10 Å². The number of hydrazone groups is 1. The molecule has 0 N–H and O–H groups in total. The van der Waals surface area contributed by atoms with Gasteiger partial charge in [0.1, 0.15) is 11.8 Å². The fourth-order valence-corrected chi connectivity index (χ4v) is 5.99. The number of benzene rings is 3. The first-order valence-corrected chi connectivity index (χ1v) is 13.7. The van der Waals surface area contributed by atoms with Crippen molar-refractivity contribution >= 4 is 35.5 Å². The number of unbranched alkanes of at least 4 members (excludes halogenated alkanes) is 1. The molecule has 0 aliphatic carbocycles. The lowest BCUT2D eigenvalue weighted by Crippen LogP contribution is -2.44. The number of amides is 2. The SMILES string of the molecule is CCCCOC(=O)c1ccc(N2C(=O)[C@@H]3[C@H](C2=O)[C@@H]2c4ccccc4C=NN2[C@@H]3C(=O)c2ccc(OC)cc2)cc1. The number of methoxy groups -OCH3 is 1. The Morgan fingerprint density at radius 2 is 1.56 bits per heavy atom. The van der Waals surface area contributed by atoms with E-state index in [1.54, 1.807) is 66.9 Å². The molecule has 4 atom stereocenters. The fourth-order valence-electron chi connectivity index (χ4n) is 5.99. The third-order valence-electron chi connectivity index (χ3n) is 8.03. The molecule has 3 aliphatic heterocycles. The molecule has 41 heavy (non-hydrogen) atoms. The number of ether oxygens (including phenoxy) is 2. The van der Waals surface area contributed by atoms with Gasteiger partial charge in [0.2, 0.25) is 11.8 Å². The zero-order valence-electron chi connectivity index (χ0n) is 22.7. The number of fused-ring (bicyclic) bond motifs is 5. The second-order valence-electron chi connectivity index (χ2n) is 10.3. The van der Waals surface area contributed by atoms with E-state index in [9.17, 15) is 19.2 Å². The topological polar surface area (TPSA) is 106 Å². The van der Waals surface area contributed by atoms with Crippen molar-refractivity contribution in [1.29, 1.82) is 0 Å². The van der Waals surface area contributed by atoms with Gasteiger partial charge in [-0.15, -0.1) is 0 Å². The van der Waals surface area contributed by atoms with Crippen molar-refractivity contribution < 1.29 is 28.7 Å². The molecular formula is C32H29N3O6. The van der Waals surface area contributed by atoms with Crippen LogP contribution < -0.4 is 9.64 Å². The van der Waals surface area contributed by atoms with Crippen LogP contribution in [0.4, 0.5) is 5.69 Å². The first kappa shape index (κ1) is 26.4. The number of anilines is 1. The van der Waals surface area contributed by atoms with Gasteiger partial charge in [0.05, 0.1) is 49.1 Å². The number of hydrogen-bond acceptors (Lipinski definition) is 8. The van der Waals surface area contributed by atoms with Crippen LogP contribution in [0, 0.1) is 11.8 Å². The van der Waals surface area contributed by atoms with Crippen LogP contribution in [-0.2, 0) is 14.3 Å². The van der Waals surface area contributed by atoms with Crippen LogP contribution >= 0.6 is 0 Å². The van der Waals surface area contributed by atoms with E-state index in [0.717, 1.165) is 28.9 Å². The number of imide groups is 1. The van der Waals surface area contributed by atoms with Crippen LogP contribution in [0.25, 0.3) is 0 Å². The van der Waals surface area contributed by atoms with Crippen LogP contribution in [-0.4, -0.2) is 54.5 Å². The summed E-state index contributed by atoms with van der Waals surface area (Å²) in [7, 11) is 1.54. The van der Waals surface area contributed by atoms with Crippen molar-refractivity contribution in [3.8, 4) is 5.75 Å². The number of esters is 1. The zero-order valence-corrected chi connectivity index (χ0v) is 22.7. The molecule has 0 bridgehead atoms. The number of ketones is 1. The first-order valence-electron chi connectivity index (χ1n) is 13.7. The monoisotopic (exact) mass is 551 g/mol. The maximum absolute atomic E-state index is 14.1. The van der Waals surface area contributed by atoms with E-state index in [2.05, 4.69) is 5.10 Å². The molecule has 9 heteroatoms. The molecule has 2 amide bonds. The van der Waals surface area contributed by atoms with Crippen molar-refractivity contribution in [1.82, 2.24) is 5.01 Å². The zero-order chi connectivity index (χ0) is 28.7. The van der Waals surface area contributed by atoms with Gasteiger partial charge in [-0.25, -0.2) is 9.69 Å². The van der Waals surface area contributed by atoms with Crippen molar-refractivity contribution in [2.24, 2.45) is 16.9 Å². The number of rotatable bonds is 8. The van der Waals surface area contributed by atoms with E-state index < -0.39 is 41.7 Å². The molecule has 9 nitrogen and oxygen atoms in total. The summed E-state index contributed by atoms with van der Waals surface area (Å²) < 4.78 is 10.5. The van der Waals surface area contributed by atoms with Gasteiger partial charge in [0.15, 0.2) is 5.78 Å². The molecule has 3 aromatic rings. The number of Topliss-reactive ketones (excluding diaryl/α,β-unsaturated/α-hetero) is 1. The summed E-state index contributed by atoms with van der Waals surface area (Å²) in [6.07, 6.45) is 3.35. The van der Waals surface area contributed by atoms with Gasteiger partial charge in [0.25, 0.3) is 0 Å². The maximum Gasteiger partial charge on any atom is 0.338 e. The van der Waals surface area contributed by atoms with Crippen LogP contribution in [0.3, 0.4) is 0 Å². The van der Waals surface area contributed by atoms with Gasteiger partial charge < -0.3 is 9.47 Å². The van der Waals surface area contributed by atoms with Gasteiger partial charge in [0, 0.05) is 5.56 Å². The maximum atomic E-state index is 14.1. The van der Waals surface area contributed by atoms with E-state index in [4.69, 9.17) is 9.47 Å². The van der Waals surface area contributed by atoms with Gasteiger partial charge >= 0.3 is 5.97 Å². The van der Waals surface area contributed by atoms with Crippen molar-refractivity contribution in [3.63, 3.8) is 0 Å². The molecule has 2 fully saturated rings. The normalized spacial score (nSPS) is 22.3. The summed E-state index contributed by atoms with van der Waals surface area (Å²) in [5, 5.41) is 6.23. The van der Waals surface area contributed by atoms with Crippen molar-refractivity contribution in [2.75, 3.05) is 18.6 Å². The largest absolute Gasteiger partial charge is 0.497 e. The van der Waals surface area contributed by atoms with Gasteiger partial charge in [-0.3, -0.25) is 19.4 Å². The minimum Gasteiger partial charge on any atom is -0.497 e. The Bertz CT molecular complexity index is 1550. The summed E-state index contributed by atoms with van der Waals surface area (Å²) in [6, 6.07) is 18.9. The Morgan fingerprint density at radius 1 is 0.878 bits per heavy atom. The number of nitrogens with zero attached hydrogens (tertiary/aromatic N) is 3. The quantitative estimate of drug-likeness (QED) is 0.177. The molecule has 0 aromatic heterocycles. The number of hydrogen-bond donors (Lipinski definition) is 0. The van der Waals surface area contributed by atoms with Crippen LogP contribution in [0.2, 0.25) is 0 Å². The standard InChI is InChI=1S/C32H29N3O6/c1-3-4-17-41-32(39)20-9-13-22(14-10-20)34-30(37)25-26(31(34)38)28(29(36)19-11-15-23(40-2)16-12-19)35-27(25)24-8-6-5-7-21(24)18-33-35/h5-16,18,25-28H,3-4,17H2,1-2H3/t25-,26+,27-,28-/m0/s1. The average Bonchev–Trinajstić information content (AvgIpc) is 3.49. The lowest BCUT2D eigenvalue weighted by atomic mass is 9.83. The highest BCUT2D eigenvalue weighted by Gasteiger charge is 2.65. The third-order valence-corrected chi connectivity index (χ3v) is 8.03. The van der Waals surface area contributed by atoms with Gasteiger partial charge in [-0.1, -0.05) is 37.6 Å². The first-order chi connectivity index (χ1) is 19.9. The molecule has 208 valence electrons. The average molecular weight is 552 g/mol. The Morgan fingerprint density at radius 3 is 2.27 bits per heavy atom. The van der Waals surface area contributed by atoms with Crippen LogP contribution in [0.15, 0.2) is 77.9 Å². The Hall–Kier alpha value is -4.79. The second kappa shape index (κ2) is 10.6. The predicted octanol–water partition coefficient (Wildman–Crippen LogP) is 4.41. The third kappa shape index (κ3) is 4.38. The highest BCUT2D eigenvalue weighted by atomic mass is 16.5. The molecule has 2 saturated heterocycles. The summed E-state index contributed by atoms with van der Waals surface area (Å²) >= 11 is 0. The van der Waals surface area contributed by atoms with E-state index >= 15 is 0 Å². The molecule has 0 radical (unpaired) electrons. The summed E-state index contributed by atoms with van der Waals surface area (Å²) in [4.78, 5) is 55.6. The highest BCUT2D eigenvalue weighted by Crippen LogP contribution is 2.53. The van der Waals surface area contributed by atoms with E-state index in [-0.39, 0.29) is 5.78 Å². The van der Waals surface area contributed by atoms with E-state index in [1.165, 1.54) is 0 Å². The molecule has 3 aliphatic rings. The Balaban J connectivity index is 1.36. The van der Waals surface area contributed by atoms with Crippen molar-refractivity contribution in [3.05, 3.63) is 95.1 Å². The minimum atomic E-state index is -0.975. The summed E-state index contributed by atoms with van der Waals surface area (Å²) in [5.74, 6) is -2.77. The van der Waals surface area contributed by atoms with E-state index in [0.29, 0.717) is 29.2 Å². The Kier molecular flexibility index (Phi) is 6.86. The lowest BCUT2D eigenvalue weighted by molar-refractivity contribution is -0.124. The number of carbonyl (C=O) groups excluding carboxylic acids is 4. The number of carbonyl (C=O) groups is 4. The van der Waals surface area contributed by atoms with Crippen molar-refractivity contribution in [2.45, 2.75) is 31.8 Å². The molecule has 3 heterocycles. The van der Waals surface area contributed by atoms with Gasteiger partial charge in [-0.05, 0) is 66.1 Å². The van der Waals surface area contributed by atoms with Crippen LogP contribution in [0.5, 0.6) is 5.75 Å². The lowest BCUT2D eigenvalue weighted by Gasteiger charge is -2.33. The van der Waals surface area contributed by atoms with Crippen LogP contribution in [0.1, 0.15) is 57.7 Å². The second-order valence-corrected chi connectivity index (χ2v) is 10.3. The Labute approximate surface area is 237 Å². The van der Waals surface area contributed by atoms with E-state index in [1.807, 2.05) is 31.2 Å². The highest BCUT2D eigenvalue weighted by molar-refractivity contribution is 6.24. The molecule has 0 unspecified atom stereocenters. The minimum absolute atomic E-state index is 0.296. The molecule has 0 saturated carbocycles. The predicted molar refractivity (Wildman–Crippen MR) is 151 cm³/mol. The molecule has 6 rings (SSSR count). The fraction of sp³-hybridized carbons (Fsp3) is 0.281. The molecule has 3 aromatic carbocycles.